The Morgan fingerprint density at radius 1 is 1.22 bits per heavy atom. The van der Waals surface area contributed by atoms with Gasteiger partial charge in [0.05, 0.1) is 20.8 Å². The number of carbonyl (C=O) groups is 3. The largest absolute Gasteiger partial charge is 0.481 e. The van der Waals surface area contributed by atoms with E-state index in [1.165, 1.54) is 42.3 Å². The fourth-order valence-corrected chi connectivity index (χ4v) is 5.62. The summed E-state index contributed by atoms with van der Waals surface area (Å²) in [5.74, 6) is -2.95. The van der Waals surface area contributed by atoms with E-state index in [1.807, 2.05) is 0 Å². The first kappa shape index (κ1) is 26.8. The smallest absolute Gasteiger partial charge is 0.326 e. The van der Waals surface area contributed by atoms with Crippen LogP contribution in [-0.2, 0) is 19.6 Å². The number of hydrogen-bond donors (Lipinski definition) is 5. The highest BCUT2D eigenvalue weighted by Gasteiger charge is 2.31. The second kappa shape index (κ2) is 10.4. The Bertz CT molecular complexity index is 1500. The number of aromatic nitrogens is 2. The topological polar surface area (TPSA) is 213 Å². The van der Waals surface area contributed by atoms with Crippen molar-refractivity contribution in [2.24, 2.45) is 5.14 Å². The summed E-state index contributed by atoms with van der Waals surface area (Å²) in [6, 6.07) is 5.80. The molecule has 1 amide bonds. The van der Waals surface area contributed by atoms with E-state index in [1.54, 1.807) is 6.92 Å². The minimum Gasteiger partial charge on any atom is -0.481 e. The minimum absolute atomic E-state index is 0.0706. The fourth-order valence-electron chi connectivity index (χ4n) is 3.57. The Kier molecular flexibility index (Phi) is 7.76. The number of aliphatic carboxylic acids is 2. The number of nitrogens with zero attached hydrogens (tertiary/aromatic N) is 2. The first-order valence-electron chi connectivity index (χ1n) is 10.4. The molecule has 0 aliphatic rings. The van der Waals surface area contributed by atoms with Gasteiger partial charge in [-0.25, -0.2) is 23.3 Å². The van der Waals surface area contributed by atoms with Gasteiger partial charge in [-0.05, 0) is 43.2 Å². The number of carbonyl (C=O) groups excluding carboxylic acids is 1. The second-order valence-corrected chi connectivity index (χ2v) is 10.6. The van der Waals surface area contributed by atoms with Crippen molar-refractivity contribution in [3.05, 3.63) is 57.0 Å². The molecule has 6 N–H and O–H groups in total. The number of nitrogens with one attached hydrogen (secondary N) is 2. The number of carboxylic acids is 2. The number of aryl methyl sites for hydroxylation is 1. The third kappa shape index (κ3) is 6.05. The van der Waals surface area contributed by atoms with Crippen molar-refractivity contribution in [1.82, 2.24) is 15.3 Å². The maximum absolute atomic E-state index is 12.6. The van der Waals surface area contributed by atoms with Crippen LogP contribution in [0.3, 0.4) is 0 Å². The van der Waals surface area contributed by atoms with Crippen LogP contribution in [-0.4, -0.2) is 59.5 Å². The molecule has 0 unspecified atom stereocenters. The third-order valence-corrected chi connectivity index (χ3v) is 7.59. The van der Waals surface area contributed by atoms with E-state index in [4.69, 9.17) is 10.2 Å². The molecule has 2 atom stereocenters. The SMILES string of the molecule is Cc1nc2ccc([C@H](N(C)c3ccc(C(=O)N[C@@H](CCC(=O)O)C(=O)O)s3)S(N)(=O)=O)cc2c(=O)[nH]1. The monoisotopic (exact) mass is 537 g/mol. The molecule has 3 rings (SSSR count). The van der Waals surface area contributed by atoms with Gasteiger partial charge in [0, 0.05) is 13.5 Å². The molecule has 2 aromatic heterocycles. The van der Waals surface area contributed by atoms with Crippen molar-refractivity contribution in [1.29, 1.82) is 0 Å². The first-order chi connectivity index (χ1) is 16.8. The molecule has 36 heavy (non-hydrogen) atoms. The number of sulfonamides is 1. The van der Waals surface area contributed by atoms with Gasteiger partial charge < -0.3 is 25.4 Å². The zero-order valence-corrected chi connectivity index (χ0v) is 20.7. The number of carboxylic acid groups (broad SMARTS) is 2. The number of nitrogens with two attached hydrogens (primary N) is 1. The Morgan fingerprint density at radius 3 is 2.53 bits per heavy atom. The van der Waals surface area contributed by atoms with Crippen LogP contribution in [0.4, 0.5) is 5.00 Å². The van der Waals surface area contributed by atoms with Gasteiger partial charge in [-0.2, -0.15) is 0 Å². The Balaban J connectivity index is 1.91. The average molecular weight is 538 g/mol. The van der Waals surface area contributed by atoms with Gasteiger partial charge in [0.1, 0.15) is 11.9 Å². The van der Waals surface area contributed by atoms with Crippen LogP contribution in [0, 0.1) is 6.92 Å². The molecule has 15 heteroatoms. The molecule has 0 saturated heterocycles. The molecule has 2 heterocycles. The van der Waals surface area contributed by atoms with Crippen LogP contribution < -0.4 is 20.9 Å². The summed E-state index contributed by atoms with van der Waals surface area (Å²) in [4.78, 5) is 55.2. The Labute approximate surface area is 208 Å². The van der Waals surface area contributed by atoms with Crippen molar-refractivity contribution in [3.63, 3.8) is 0 Å². The molecular formula is C21H23N5O8S2. The summed E-state index contributed by atoms with van der Waals surface area (Å²) in [5.41, 5.74) is 0.130. The van der Waals surface area contributed by atoms with Crippen molar-refractivity contribution >= 4 is 55.1 Å². The molecule has 0 spiro atoms. The van der Waals surface area contributed by atoms with Gasteiger partial charge in [0.2, 0.25) is 10.0 Å². The normalized spacial score (nSPS) is 13.2. The number of fused-ring (bicyclic) bond motifs is 1. The molecule has 13 nitrogen and oxygen atoms in total. The zero-order chi connectivity index (χ0) is 26.8. The summed E-state index contributed by atoms with van der Waals surface area (Å²) in [6.45, 7) is 1.62. The summed E-state index contributed by atoms with van der Waals surface area (Å²) < 4.78 is 25.1. The van der Waals surface area contributed by atoms with Gasteiger partial charge in [0.25, 0.3) is 11.5 Å². The predicted molar refractivity (Wildman–Crippen MR) is 131 cm³/mol. The summed E-state index contributed by atoms with van der Waals surface area (Å²) in [7, 11) is -2.80. The van der Waals surface area contributed by atoms with Crippen LogP contribution in [0.1, 0.15) is 39.3 Å². The first-order valence-corrected chi connectivity index (χ1v) is 12.8. The van der Waals surface area contributed by atoms with Crippen molar-refractivity contribution in [3.8, 4) is 0 Å². The van der Waals surface area contributed by atoms with E-state index >= 15 is 0 Å². The average Bonchev–Trinajstić information content (AvgIpc) is 3.26. The number of aromatic amines is 1. The molecule has 0 saturated carbocycles. The maximum atomic E-state index is 12.6. The summed E-state index contributed by atoms with van der Waals surface area (Å²) in [6.07, 6.45) is -0.757. The zero-order valence-electron chi connectivity index (χ0n) is 19.1. The van der Waals surface area contributed by atoms with Gasteiger partial charge >= 0.3 is 11.9 Å². The second-order valence-electron chi connectivity index (χ2n) is 7.91. The lowest BCUT2D eigenvalue weighted by molar-refractivity contribution is -0.140. The number of anilines is 1. The number of amides is 1. The highest BCUT2D eigenvalue weighted by molar-refractivity contribution is 7.89. The number of hydrogen-bond acceptors (Lipinski definition) is 9. The van der Waals surface area contributed by atoms with Crippen LogP contribution >= 0.6 is 11.3 Å². The van der Waals surface area contributed by atoms with E-state index in [0.717, 1.165) is 11.3 Å². The lowest BCUT2D eigenvalue weighted by atomic mass is 10.1. The number of H-pyrrole nitrogens is 1. The lowest BCUT2D eigenvalue weighted by Gasteiger charge is -2.27. The number of benzene rings is 1. The molecule has 3 aromatic rings. The van der Waals surface area contributed by atoms with E-state index in [0.29, 0.717) is 16.3 Å². The summed E-state index contributed by atoms with van der Waals surface area (Å²) in [5, 5.41) is 24.9. The molecular weight excluding hydrogens is 514 g/mol. The number of rotatable bonds is 10. The van der Waals surface area contributed by atoms with Crippen LogP contribution in [0.15, 0.2) is 35.1 Å². The maximum Gasteiger partial charge on any atom is 0.326 e. The Hall–Kier alpha value is -3.82. The molecule has 192 valence electrons. The van der Waals surface area contributed by atoms with Gasteiger partial charge in [-0.15, -0.1) is 11.3 Å². The van der Waals surface area contributed by atoms with Crippen molar-refractivity contribution < 1.29 is 33.0 Å². The minimum atomic E-state index is -4.25. The predicted octanol–water partition coefficient (Wildman–Crippen LogP) is 0.764. The van der Waals surface area contributed by atoms with Crippen molar-refractivity contribution in [2.45, 2.75) is 31.2 Å². The third-order valence-electron chi connectivity index (χ3n) is 5.21. The molecule has 1 aromatic carbocycles. The standard InChI is InChI=1S/C21H23N5O8S2/c1-10-23-13-4-3-11(9-12(13)18(29)24-10)20(36(22,33)34)26(2)16-7-6-15(35-16)19(30)25-14(21(31)32)5-8-17(27)28/h3-4,6-7,9,14,20H,5,8H2,1-2H3,(H,25,30)(H,27,28)(H,31,32)(H2,22,33,34)(H,23,24,29)/t14-,20+/m0/s1. The molecule has 0 bridgehead atoms. The highest BCUT2D eigenvalue weighted by atomic mass is 32.2. The van der Waals surface area contributed by atoms with Gasteiger partial charge in [-0.1, -0.05) is 6.07 Å². The number of primary sulfonamides is 1. The van der Waals surface area contributed by atoms with E-state index in [2.05, 4.69) is 15.3 Å². The van der Waals surface area contributed by atoms with Gasteiger partial charge in [-0.3, -0.25) is 14.4 Å². The van der Waals surface area contributed by atoms with Gasteiger partial charge in [0.15, 0.2) is 5.37 Å². The lowest BCUT2D eigenvalue weighted by Crippen LogP contribution is -2.40. The summed E-state index contributed by atoms with van der Waals surface area (Å²) >= 11 is 0.879. The quantitative estimate of drug-likeness (QED) is 0.245. The van der Waals surface area contributed by atoms with Crippen LogP contribution in [0.2, 0.25) is 0 Å². The van der Waals surface area contributed by atoms with E-state index < -0.39 is 51.3 Å². The molecule has 0 radical (unpaired) electrons. The fraction of sp³-hybridized carbons (Fsp3) is 0.286. The van der Waals surface area contributed by atoms with Crippen LogP contribution in [0.5, 0.6) is 0 Å². The molecule has 0 aliphatic heterocycles. The van der Waals surface area contributed by atoms with E-state index in [9.17, 15) is 32.7 Å². The molecule has 0 aliphatic carbocycles. The van der Waals surface area contributed by atoms with Crippen LogP contribution in [0.25, 0.3) is 10.9 Å². The van der Waals surface area contributed by atoms with Crippen molar-refractivity contribution in [2.75, 3.05) is 11.9 Å². The Morgan fingerprint density at radius 2 is 1.92 bits per heavy atom. The number of thiophene rings is 1. The molecule has 0 fully saturated rings. The van der Waals surface area contributed by atoms with E-state index in [-0.39, 0.29) is 22.2 Å². The highest BCUT2D eigenvalue weighted by Crippen LogP contribution is 2.34.